The van der Waals surface area contributed by atoms with E-state index < -0.39 is 11.8 Å². The van der Waals surface area contributed by atoms with E-state index in [1.54, 1.807) is 18.0 Å². The normalized spacial score (nSPS) is 18.3. The van der Waals surface area contributed by atoms with Crippen molar-refractivity contribution in [2.45, 2.75) is 6.10 Å². The number of halogens is 2. The molecule has 1 heterocycles. The number of rotatable bonds is 5. The Morgan fingerprint density at radius 2 is 2.26 bits per heavy atom. The number of carbonyl (C=O) groups is 2. The molecule has 1 fully saturated rings. The minimum absolute atomic E-state index is 0.0211. The maximum Gasteiger partial charge on any atom is 0.317 e. The summed E-state index contributed by atoms with van der Waals surface area (Å²) in [5.41, 5.74) is 0.0211. The predicted molar refractivity (Wildman–Crippen MR) is 84.9 cm³/mol. The third kappa shape index (κ3) is 4.98. The van der Waals surface area contributed by atoms with Crippen molar-refractivity contribution >= 4 is 27.8 Å². The summed E-state index contributed by atoms with van der Waals surface area (Å²) in [4.78, 5) is 26.3. The number of amides is 1. The van der Waals surface area contributed by atoms with Gasteiger partial charge in [0, 0.05) is 24.1 Å². The van der Waals surface area contributed by atoms with Crippen LogP contribution in [0.3, 0.4) is 0 Å². The van der Waals surface area contributed by atoms with Gasteiger partial charge in [-0.25, -0.2) is 4.39 Å². The Labute approximate surface area is 141 Å². The second-order valence-corrected chi connectivity index (χ2v) is 6.37. The van der Waals surface area contributed by atoms with E-state index in [9.17, 15) is 14.0 Å². The molecule has 0 unspecified atom stereocenters. The highest BCUT2D eigenvalue weighted by atomic mass is 79.9. The molecule has 0 aromatic heterocycles. The number of ether oxygens (including phenoxy) is 1. The zero-order valence-corrected chi connectivity index (χ0v) is 14.3. The Morgan fingerprint density at radius 3 is 2.91 bits per heavy atom. The molecular formula is C15H18BrFN2O4. The summed E-state index contributed by atoms with van der Waals surface area (Å²) < 4.78 is 20.1. The summed E-state index contributed by atoms with van der Waals surface area (Å²) in [6.45, 7) is 1.31. The Bertz CT molecular complexity index is 599. The van der Waals surface area contributed by atoms with Crippen molar-refractivity contribution in [2.75, 3.05) is 39.8 Å². The fourth-order valence-electron chi connectivity index (χ4n) is 2.49. The summed E-state index contributed by atoms with van der Waals surface area (Å²) in [5.74, 6) is -1.88. The lowest BCUT2D eigenvalue weighted by Gasteiger charge is -2.34. The molecule has 1 aliphatic heterocycles. The first-order valence-corrected chi connectivity index (χ1v) is 7.92. The Morgan fingerprint density at radius 1 is 1.52 bits per heavy atom. The van der Waals surface area contributed by atoms with E-state index in [2.05, 4.69) is 15.9 Å². The molecule has 1 atom stereocenters. The molecule has 8 heteroatoms. The average molecular weight is 389 g/mol. The summed E-state index contributed by atoms with van der Waals surface area (Å²) >= 11 is 3.16. The van der Waals surface area contributed by atoms with E-state index in [0.29, 0.717) is 30.7 Å². The number of benzene rings is 1. The van der Waals surface area contributed by atoms with Crippen LogP contribution in [0.2, 0.25) is 0 Å². The van der Waals surface area contributed by atoms with Gasteiger partial charge in [-0.3, -0.25) is 14.5 Å². The summed E-state index contributed by atoms with van der Waals surface area (Å²) in [6.07, 6.45) is -0.296. The first-order valence-electron chi connectivity index (χ1n) is 7.13. The predicted octanol–water partition coefficient (Wildman–Crippen LogP) is 1.45. The number of likely N-dealkylation sites (N-methyl/N-ethyl adjacent to an activating group) is 1. The maximum absolute atomic E-state index is 13.9. The van der Waals surface area contributed by atoms with Gasteiger partial charge in [-0.2, -0.15) is 0 Å². The van der Waals surface area contributed by atoms with Gasteiger partial charge in [0.15, 0.2) is 0 Å². The van der Waals surface area contributed by atoms with Crippen LogP contribution in [-0.4, -0.2) is 72.7 Å². The zero-order chi connectivity index (χ0) is 17.0. The van der Waals surface area contributed by atoms with Crippen molar-refractivity contribution < 1.29 is 23.8 Å². The zero-order valence-electron chi connectivity index (χ0n) is 12.7. The highest BCUT2D eigenvalue weighted by Crippen LogP contribution is 2.18. The smallest absolute Gasteiger partial charge is 0.317 e. The lowest BCUT2D eigenvalue weighted by Crippen LogP contribution is -2.49. The number of carboxylic acids is 1. The van der Waals surface area contributed by atoms with Gasteiger partial charge < -0.3 is 14.7 Å². The molecule has 0 saturated carbocycles. The van der Waals surface area contributed by atoms with Gasteiger partial charge in [0.1, 0.15) is 5.82 Å². The minimum atomic E-state index is -0.923. The van der Waals surface area contributed by atoms with Crippen molar-refractivity contribution in [3.05, 3.63) is 34.1 Å². The maximum atomic E-state index is 13.9. The van der Waals surface area contributed by atoms with Crippen LogP contribution in [0.4, 0.5) is 4.39 Å². The SMILES string of the molecule is CN(CC(=O)O)C[C@@H]1CN(C(=O)c2ccc(Br)cc2F)CCO1. The van der Waals surface area contributed by atoms with Gasteiger partial charge in [0.2, 0.25) is 0 Å². The largest absolute Gasteiger partial charge is 0.480 e. The molecule has 1 aliphatic rings. The van der Waals surface area contributed by atoms with Gasteiger partial charge >= 0.3 is 5.97 Å². The molecule has 1 aromatic rings. The lowest BCUT2D eigenvalue weighted by atomic mass is 10.1. The van der Waals surface area contributed by atoms with Gasteiger partial charge in [-0.05, 0) is 25.2 Å². The molecule has 0 aliphatic carbocycles. The van der Waals surface area contributed by atoms with Crippen molar-refractivity contribution in [1.29, 1.82) is 0 Å². The Balaban J connectivity index is 2.00. The molecule has 2 rings (SSSR count). The molecule has 1 N–H and O–H groups in total. The van der Waals surface area contributed by atoms with Crippen LogP contribution in [-0.2, 0) is 9.53 Å². The van der Waals surface area contributed by atoms with Gasteiger partial charge in [0.05, 0.1) is 24.8 Å². The van der Waals surface area contributed by atoms with Crippen LogP contribution in [0.25, 0.3) is 0 Å². The third-order valence-corrected chi connectivity index (χ3v) is 4.00. The number of carboxylic acid groups (broad SMARTS) is 1. The summed E-state index contributed by atoms with van der Waals surface area (Å²) in [5, 5.41) is 8.76. The monoisotopic (exact) mass is 388 g/mol. The molecule has 126 valence electrons. The van der Waals surface area contributed by atoms with E-state index in [1.165, 1.54) is 17.0 Å². The standard InChI is InChI=1S/C15H18BrFN2O4/c1-18(9-14(20)21)7-11-8-19(4-5-23-11)15(22)12-3-2-10(16)6-13(12)17/h2-3,6,11H,4-5,7-9H2,1H3,(H,20,21)/t11-/m1/s1. The van der Waals surface area contributed by atoms with Crippen molar-refractivity contribution in [1.82, 2.24) is 9.80 Å². The van der Waals surface area contributed by atoms with Crippen molar-refractivity contribution in [3.8, 4) is 0 Å². The summed E-state index contributed by atoms with van der Waals surface area (Å²) in [7, 11) is 1.67. The van der Waals surface area contributed by atoms with Crippen molar-refractivity contribution in [2.24, 2.45) is 0 Å². The first-order chi connectivity index (χ1) is 10.9. The number of hydrogen-bond donors (Lipinski definition) is 1. The molecular weight excluding hydrogens is 371 g/mol. The first kappa shape index (κ1) is 17.8. The number of carbonyl (C=O) groups excluding carboxylic acids is 1. The van der Waals surface area contributed by atoms with E-state index >= 15 is 0 Å². The molecule has 23 heavy (non-hydrogen) atoms. The van der Waals surface area contributed by atoms with Crippen LogP contribution in [0.5, 0.6) is 0 Å². The molecule has 0 bridgehead atoms. The lowest BCUT2D eigenvalue weighted by molar-refractivity contribution is -0.138. The van der Waals surface area contributed by atoms with E-state index in [1.807, 2.05) is 0 Å². The molecule has 1 aromatic carbocycles. The Kier molecular flexibility index (Phi) is 6.09. The second-order valence-electron chi connectivity index (χ2n) is 5.46. The van der Waals surface area contributed by atoms with E-state index in [0.717, 1.165) is 0 Å². The van der Waals surface area contributed by atoms with Gasteiger partial charge in [-0.15, -0.1) is 0 Å². The highest BCUT2D eigenvalue weighted by Gasteiger charge is 2.27. The molecule has 0 spiro atoms. The number of morpholine rings is 1. The molecule has 6 nitrogen and oxygen atoms in total. The van der Waals surface area contributed by atoms with Crippen LogP contribution in [0.1, 0.15) is 10.4 Å². The van der Waals surface area contributed by atoms with E-state index in [-0.39, 0.29) is 24.1 Å². The van der Waals surface area contributed by atoms with Crippen LogP contribution >= 0.6 is 15.9 Å². The van der Waals surface area contributed by atoms with Gasteiger partial charge in [-0.1, -0.05) is 15.9 Å². The van der Waals surface area contributed by atoms with Crippen molar-refractivity contribution in [3.63, 3.8) is 0 Å². The molecule has 1 amide bonds. The minimum Gasteiger partial charge on any atom is -0.480 e. The fraction of sp³-hybridized carbons (Fsp3) is 0.467. The van der Waals surface area contributed by atoms with Crippen LogP contribution in [0.15, 0.2) is 22.7 Å². The summed E-state index contributed by atoms with van der Waals surface area (Å²) in [6, 6.07) is 4.32. The number of aliphatic carboxylic acids is 1. The molecule has 0 radical (unpaired) electrons. The second kappa shape index (κ2) is 7.85. The number of hydrogen-bond acceptors (Lipinski definition) is 4. The van der Waals surface area contributed by atoms with Crippen LogP contribution < -0.4 is 0 Å². The van der Waals surface area contributed by atoms with Crippen LogP contribution in [0, 0.1) is 5.82 Å². The topological polar surface area (TPSA) is 70.1 Å². The average Bonchev–Trinajstić information content (AvgIpc) is 2.46. The highest BCUT2D eigenvalue weighted by molar-refractivity contribution is 9.10. The molecule has 1 saturated heterocycles. The Hall–Kier alpha value is -1.51. The number of nitrogens with zero attached hydrogens (tertiary/aromatic N) is 2. The fourth-order valence-corrected chi connectivity index (χ4v) is 2.82. The van der Waals surface area contributed by atoms with E-state index in [4.69, 9.17) is 9.84 Å². The van der Waals surface area contributed by atoms with Gasteiger partial charge in [0.25, 0.3) is 5.91 Å². The quantitative estimate of drug-likeness (QED) is 0.826. The third-order valence-electron chi connectivity index (χ3n) is 3.51.